The Kier molecular flexibility index (Phi) is 3.77. The minimum atomic E-state index is -0.471. The van der Waals surface area contributed by atoms with Crippen LogP contribution >= 0.6 is 0 Å². The summed E-state index contributed by atoms with van der Waals surface area (Å²) in [6, 6.07) is 17.1. The number of aromatic nitrogens is 1. The van der Waals surface area contributed by atoms with Crippen LogP contribution in [0, 0.1) is 10.1 Å². The van der Waals surface area contributed by atoms with Crippen LogP contribution in [0.3, 0.4) is 0 Å². The Morgan fingerprint density at radius 2 is 1.85 bits per heavy atom. The van der Waals surface area contributed by atoms with Gasteiger partial charge in [0.1, 0.15) is 5.84 Å². The molecule has 8 nitrogen and oxygen atoms in total. The summed E-state index contributed by atoms with van der Waals surface area (Å²) in [7, 11) is 0. The average molecular weight is 347 g/mol. The predicted octanol–water partition coefficient (Wildman–Crippen LogP) is 3.11. The number of hydrogen-bond acceptors (Lipinski definition) is 5. The first-order chi connectivity index (χ1) is 12.6. The molecule has 0 bridgehead atoms. The van der Waals surface area contributed by atoms with Crippen molar-refractivity contribution in [3.05, 3.63) is 70.8 Å². The van der Waals surface area contributed by atoms with E-state index in [4.69, 9.17) is 0 Å². The summed E-state index contributed by atoms with van der Waals surface area (Å²) in [5.41, 5.74) is 4.26. The number of fused-ring (bicyclic) bond motifs is 1. The van der Waals surface area contributed by atoms with E-state index in [-0.39, 0.29) is 18.0 Å². The number of pyridine rings is 1. The molecule has 128 valence electrons. The number of anilines is 1. The van der Waals surface area contributed by atoms with Crippen molar-refractivity contribution in [1.29, 1.82) is 0 Å². The molecule has 0 atom stereocenters. The van der Waals surface area contributed by atoms with E-state index >= 15 is 0 Å². The molecule has 2 aromatic carbocycles. The maximum Gasteiger partial charge on any atom is 0.269 e. The zero-order valence-electron chi connectivity index (χ0n) is 13.5. The number of amides is 1. The molecule has 0 spiro atoms. The summed E-state index contributed by atoms with van der Waals surface area (Å²) in [5, 5.41) is 13.0. The molecule has 1 N–H and O–H groups in total. The molecule has 1 aliphatic heterocycles. The van der Waals surface area contributed by atoms with Gasteiger partial charge in [-0.3, -0.25) is 20.3 Å². The van der Waals surface area contributed by atoms with Crippen molar-refractivity contribution in [2.24, 2.45) is 4.99 Å². The van der Waals surface area contributed by atoms with Crippen molar-refractivity contribution in [2.75, 3.05) is 5.01 Å². The van der Waals surface area contributed by atoms with E-state index < -0.39 is 4.92 Å². The maximum atomic E-state index is 12.3. The fourth-order valence-corrected chi connectivity index (χ4v) is 2.69. The number of nitro benzene ring substituents is 1. The Bertz CT molecular complexity index is 1050. The summed E-state index contributed by atoms with van der Waals surface area (Å²) >= 11 is 0. The number of non-ortho nitro benzene ring substituents is 1. The number of nitro groups is 1. The molecule has 1 saturated heterocycles. The Labute approximate surface area is 147 Å². The number of nitrogens with zero attached hydrogens (tertiary/aromatic N) is 4. The van der Waals surface area contributed by atoms with Crippen LogP contribution in [0.4, 0.5) is 17.2 Å². The van der Waals surface area contributed by atoms with Crippen molar-refractivity contribution in [2.45, 2.75) is 6.42 Å². The lowest BCUT2D eigenvalue weighted by molar-refractivity contribution is -0.384. The third-order valence-electron chi connectivity index (χ3n) is 3.95. The van der Waals surface area contributed by atoms with Crippen molar-refractivity contribution in [3.8, 4) is 0 Å². The number of para-hydroxylation sites is 1. The second-order valence-corrected chi connectivity index (χ2v) is 5.71. The molecule has 26 heavy (non-hydrogen) atoms. The molecule has 0 unspecified atom stereocenters. The Hall–Kier alpha value is -3.81. The van der Waals surface area contributed by atoms with Gasteiger partial charge in [0.25, 0.3) is 11.6 Å². The normalized spacial score (nSPS) is 15.5. The van der Waals surface area contributed by atoms with E-state index in [1.807, 2.05) is 30.3 Å². The Morgan fingerprint density at radius 1 is 1.08 bits per heavy atom. The number of hydrogen-bond donors (Lipinski definition) is 1. The van der Waals surface area contributed by atoms with Crippen molar-refractivity contribution >= 4 is 39.8 Å². The fourth-order valence-electron chi connectivity index (χ4n) is 2.69. The SMILES string of the molecule is O=C1CC(=Nc2ccc([N+](=O)[O-])cc2)NN1c1ccc2ccccc2n1. The van der Waals surface area contributed by atoms with Gasteiger partial charge in [-0.05, 0) is 30.3 Å². The zero-order valence-corrected chi connectivity index (χ0v) is 13.5. The van der Waals surface area contributed by atoms with Gasteiger partial charge < -0.3 is 0 Å². The number of rotatable bonds is 3. The van der Waals surface area contributed by atoms with Crippen molar-refractivity contribution in [3.63, 3.8) is 0 Å². The number of carbonyl (C=O) groups is 1. The molecule has 1 amide bonds. The van der Waals surface area contributed by atoms with Crippen molar-refractivity contribution < 1.29 is 9.72 Å². The van der Waals surface area contributed by atoms with Crippen LogP contribution in [0.1, 0.15) is 6.42 Å². The molecule has 0 radical (unpaired) electrons. The van der Waals surface area contributed by atoms with Gasteiger partial charge in [0.05, 0.1) is 22.5 Å². The smallest absolute Gasteiger partial charge is 0.269 e. The molecule has 4 rings (SSSR count). The van der Waals surface area contributed by atoms with E-state index in [9.17, 15) is 14.9 Å². The highest BCUT2D eigenvalue weighted by Crippen LogP contribution is 2.22. The first-order valence-corrected chi connectivity index (χ1v) is 7.87. The monoisotopic (exact) mass is 347 g/mol. The second-order valence-electron chi connectivity index (χ2n) is 5.71. The highest BCUT2D eigenvalue weighted by molar-refractivity contribution is 6.14. The standard InChI is InChI=1S/C18H13N5O3/c24-18-11-16(19-13-6-8-14(9-7-13)23(25)26)21-22(18)17-10-5-12-3-1-2-4-15(12)20-17/h1-10H,11H2,(H,19,21). The Morgan fingerprint density at radius 3 is 2.62 bits per heavy atom. The highest BCUT2D eigenvalue weighted by Gasteiger charge is 2.28. The molecule has 3 aromatic rings. The van der Waals surface area contributed by atoms with Gasteiger partial charge in [0, 0.05) is 17.5 Å². The number of benzene rings is 2. The molecule has 1 aliphatic rings. The van der Waals surface area contributed by atoms with Crippen molar-refractivity contribution in [1.82, 2.24) is 10.4 Å². The van der Waals surface area contributed by atoms with Gasteiger partial charge in [-0.2, -0.15) is 0 Å². The lowest BCUT2D eigenvalue weighted by Crippen LogP contribution is -2.36. The average Bonchev–Trinajstić information content (AvgIpc) is 3.02. The minimum absolute atomic E-state index is 0.00797. The molecule has 1 aromatic heterocycles. The lowest BCUT2D eigenvalue weighted by atomic mass is 10.2. The topological polar surface area (TPSA) is 101 Å². The largest absolute Gasteiger partial charge is 0.276 e. The molecule has 2 heterocycles. The van der Waals surface area contributed by atoms with Gasteiger partial charge in [-0.1, -0.05) is 18.2 Å². The van der Waals surface area contributed by atoms with Crippen LogP contribution in [-0.4, -0.2) is 21.7 Å². The van der Waals surface area contributed by atoms with E-state index in [0.717, 1.165) is 10.9 Å². The molecule has 8 heteroatoms. The van der Waals surface area contributed by atoms with E-state index in [2.05, 4.69) is 15.4 Å². The summed E-state index contributed by atoms with van der Waals surface area (Å²) < 4.78 is 0. The number of carbonyl (C=O) groups excluding carboxylic acids is 1. The van der Waals surface area contributed by atoms with Gasteiger partial charge >= 0.3 is 0 Å². The third-order valence-corrected chi connectivity index (χ3v) is 3.95. The zero-order chi connectivity index (χ0) is 18.1. The summed E-state index contributed by atoms with van der Waals surface area (Å²) in [6.07, 6.45) is 0.103. The Balaban J connectivity index is 1.58. The molecular weight excluding hydrogens is 334 g/mol. The maximum absolute atomic E-state index is 12.3. The lowest BCUT2D eigenvalue weighted by Gasteiger charge is -2.15. The van der Waals surface area contributed by atoms with Gasteiger partial charge in [0.15, 0.2) is 5.82 Å². The highest BCUT2D eigenvalue weighted by atomic mass is 16.6. The number of nitrogens with one attached hydrogen (secondary N) is 1. The molecular formula is C18H13N5O3. The second kappa shape index (κ2) is 6.25. The predicted molar refractivity (Wildman–Crippen MR) is 97.2 cm³/mol. The first-order valence-electron chi connectivity index (χ1n) is 7.87. The molecule has 0 saturated carbocycles. The van der Waals surface area contributed by atoms with Gasteiger partial charge in [-0.25, -0.2) is 15.0 Å². The minimum Gasteiger partial charge on any atom is -0.276 e. The van der Waals surface area contributed by atoms with E-state index in [1.165, 1.54) is 29.3 Å². The van der Waals surface area contributed by atoms with Crippen LogP contribution < -0.4 is 10.4 Å². The number of hydrazine groups is 1. The van der Waals surface area contributed by atoms with Crippen LogP contribution in [0.25, 0.3) is 10.9 Å². The van der Waals surface area contributed by atoms with Crippen LogP contribution in [0.15, 0.2) is 65.7 Å². The van der Waals surface area contributed by atoms with E-state index in [1.54, 1.807) is 6.07 Å². The quantitative estimate of drug-likeness (QED) is 0.579. The third kappa shape index (κ3) is 2.95. The molecule has 1 fully saturated rings. The van der Waals surface area contributed by atoms with Crippen LogP contribution in [0.5, 0.6) is 0 Å². The summed E-state index contributed by atoms with van der Waals surface area (Å²) in [5.74, 6) is 0.773. The molecule has 0 aliphatic carbocycles. The number of aliphatic imine (C=N–C) groups is 1. The van der Waals surface area contributed by atoms with Gasteiger partial charge in [-0.15, -0.1) is 0 Å². The summed E-state index contributed by atoms with van der Waals surface area (Å²) in [6.45, 7) is 0. The van der Waals surface area contributed by atoms with Crippen LogP contribution in [-0.2, 0) is 4.79 Å². The van der Waals surface area contributed by atoms with E-state index in [0.29, 0.717) is 17.3 Å². The fraction of sp³-hybridized carbons (Fsp3) is 0.0556. The number of amidine groups is 1. The van der Waals surface area contributed by atoms with Gasteiger partial charge in [0.2, 0.25) is 0 Å². The summed E-state index contributed by atoms with van der Waals surface area (Å²) in [4.78, 5) is 31.4. The van der Waals surface area contributed by atoms with Crippen LogP contribution in [0.2, 0.25) is 0 Å². The first kappa shape index (κ1) is 15.7.